The molecule has 0 spiro atoms. The van der Waals surface area contributed by atoms with Crippen molar-refractivity contribution < 1.29 is 4.79 Å². The minimum atomic E-state index is 0.162. The number of carbonyl (C=O) groups excluding carboxylic acids is 1. The first kappa shape index (κ1) is 14.7. The van der Waals surface area contributed by atoms with Gasteiger partial charge in [0, 0.05) is 45.5 Å². The molecular formula is C13H24N4O. The molecule has 102 valence electrons. The molecule has 0 saturated carbocycles. The highest BCUT2D eigenvalue weighted by molar-refractivity contribution is 5.76. The largest absolute Gasteiger partial charge is 0.343 e. The fraction of sp³-hybridized carbons (Fsp3) is 0.692. The average Bonchev–Trinajstić information content (AvgIpc) is 2.77. The molecule has 0 aliphatic carbocycles. The fourth-order valence-corrected chi connectivity index (χ4v) is 2.02. The third-order valence-corrected chi connectivity index (χ3v) is 3.15. The van der Waals surface area contributed by atoms with Crippen LogP contribution in [0, 0.1) is 0 Å². The van der Waals surface area contributed by atoms with Crippen LogP contribution < -0.4 is 5.32 Å². The van der Waals surface area contributed by atoms with Gasteiger partial charge in [0.1, 0.15) is 5.82 Å². The van der Waals surface area contributed by atoms with Crippen molar-refractivity contribution in [2.75, 3.05) is 19.6 Å². The summed E-state index contributed by atoms with van der Waals surface area (Å²) >= 11 is 0. The summed E-state index contributed by atoms with van der Waals surface area (Å²) < 4.78 is 1.99. The van der Waals surface area contributed by atoms with Gasteiger partial charge in [-0.2, -0.15) is 0 Å². The van der Waals surface area contributed by atoms with Crippen LogP contribution in [0.4, 0.5) is 0 Å². The SMILES string of the molecule is CCN(CC)C(=O)CCNC(C)c1nccn1C. The van der Waals surface area contributed by atoms with Gasteiger partial charge in [0.2, 0.25) is 5.91 Å². The van der Waals surface area contributed by atoms with Gasteiger partial charge in [-0.3, -0.25) is 4.79 Å². The quantitative estimate of drug-likeness (QED) is 0.796. The van der Waals surface area contributed by atoms with E-state index in [2.05, 4.69) is 17.2 Å². The number of nitrogens with one attached hydrogen (secondary N) is 1. The molecule has 1 heterocycles. The summed E-state index contributed by atoms with van der Waals surface area (Å²) in [5.74, 6) is 1.20. The zero-order valence-corrected chi connectivity index (χ0v) is 11.8. The number of aromatic nitrogens is 2. The van der Waals surface area contributed by atoms with Crippen molar-refractivity contribution in [1.82, 2.24) is 19.8 Å². The van der Waals surface area contributed by atoms with Gasteiger partial charge >= 0.3 is 0 Å². The predicted molar refractivity (Wildman–Crippen MR) is 72.2 cm³/mol. The number of aryl methyl sites for hydroxylation is 1. The average molecular weight is 252 g/mol. The smallest absolute Gasteiger partial charge is 0.223 e. The fourth-order valence-electron chi connectivity index (χ4n) is 2.02. The monoisotopic (exact) mass is 252 g/mol. The third kappa shape index (κ3) is 3.84. The zero-order valence-electron chi connectivity index (χ0n) is 11.8. The van der Waals surface area contributed by atoms with Crippen molar-refractivity contribution >= 4 is 5.91 Å². The van der Waals surface area contributed by atoms with Gasteiger partial charge in [-0.15, -0.1) is 0 Å². The van der Waals surface area contributed by atoms with E-state index in [1.807, 2.05) is 36.6 Å². The number of hydrogen-bond acceptors (Lipinski definition) is 3. The van der Waals surface area contributed by atoms with E-state index in [4.69, 9.17) is 0 Å². The van der Waals surface area contributed by atoms with E-state index >= 15 is 0 Å². The maximum absolute atomic E-state index is 11.8. The number of carbonyl (C=O) groups is 1. The lowest BCUT2D eigenvalue weighted by molar-refractivity contribution is -0.130. The van der Waals surface area contributed by atoms with E-state index in [-0.39, 0.29) is 11.9 Å². The van der Waals surface area contributed by atoms with Crippen molar-refractivity contribution in [3.8, 4) is 0 Å². The van der Waals surface area contributed by atoms with E-state index in [0.29, 0.717) is 13.0 Å². The van der Waals surface area contributed by atoms with Crippen molar-refractivity contribution in [3.05, 3.63) is 18.2 Å². The molecule has 5 nitrogen and oxygen atoms in total. The Kier molecular flexibility index (Phi) is 5.85. The summed E-state index contributed by atoms with van der Waals surface area (Å²) in [6, 6.07) is 0.162. The standard InChI is InChI=1S/C13H24N4O/c1-5-17(6-2)12(18)7-8-14-11(3)13-15-9-10-16(13)4/h9-11,14H,5-8H2,1-4H3. The second-order valence-corrected chi connectivity index (χ2v) is 4.39. The van der Waals surface area contributed by atoms with Gasteiger partial charge in [0.25, 0.3) is 0 Å². The Morgan fingerprint density at radius 3 is 2.67 bits per heavy atom. The highest BCUT2D eigenvalue weighted by atomic mass is 16.2. The van der Waals surface area contributed by atoms with Crippen LogP contribution >= 0.6 is 0 Å². The zero-order chi connectivity index (χ0) is 13.5. The van der Waals surface area contributed by atoms with Crippen LogP contribution in [0.15, 0.2) is 12.4 Å². The van der Waals surface area contributed by atoms with Crippen molar-refractivity contribution in [3.63, 3.8) is 0 Å². The van der Waals surface area contributed by atoms with Crippen molar-refractivity contribution in [2.24, 2.45) is 7.05 Å². The molecule has 0 fully saturated rings. The Balaban J connectivity index is 2.34. The molecule has 1 aromatic rings. The molecule has 0 aliphatic heterocycles. The molecule has 5 heteroatoms. The lowest BCUT2D eigenvalue weighted by Gasteiger charge is -2.19. The van der Waals surface area contributed by atoms with Crippen molar-refractivity contribution in [2.45, 2.75) is 33.2 Å². The number of amides is 1. The second-order valence-electron chi connectivity index (χ2n) is 4.39. The van der Waals surface area contributed by atoms with Crippen LogP contribution in [-0.2, 0) is 11.8 Å². The van der Waals surface area contributed by atoms with Gasteiger partial charge in [-0.25, -0.2) is 4.98 Å². The van der Waals surface area contributed by atoms with Gasteiger partial charge in [0.05, 0.1) is 6.04 Å². The van der Waals surface area contributed by atoms with Gasteiger partial charge < -0.3 is 14.8 Å². The van der Waals surface area contributed by atoms with E-state index in [0.717, 1.165) is 18.9 Å². The number of nitrogens with zero attached hydrogens (tertiary/aromatic N) is 3. The summed E-state index contributed by atoms with van der Waals surface area (Å²) in [5.41, 5.74) is 0. The molecule has 1 atom stereocenters. The Bertz CT molecular complexity index is 371. The first-order chi connectivity index (χ1) is 8.60. The van der Waals surface area contributed by atoms with E-state index < -0.39 is 0 Å². The number of rotatable bonds is 7. The Morgan fingerprint density at radius 1 is 1.50 bits per heavy atom. The molecule has 1 N–H and O–H groups in total. The number of hydrogen-bond donors (Lipinski definition) is 1. The first-order valence-electron chi connectivity index (χ1n) is 6.58. The maximum Gasteiger partial charge on any atom is 0.223 e. The summed E-state index contributed by atoms with van der Waals surface area (Å²) in [7, 11) is 1.97. The van der Waals surface area contributed by atoms with Crippen molar-refractivity contribution in [1.29, 1.82) is 0 Å². The Hall–Kier alpha value is -1.36. The van der Waals surface area contributed by atoms with Gasteiger partial charge in [-0.1, -0.05) is 0 Å². The molecule has 0 aliphatic rings. The van der Waals surface area contributed by atoms with E-state index in [9.17, 15) is 4.79 Å². The van der Waals surface area contributed by atoms with Crippen LogP contribution in [0.1, 0.15) is 39.1 Å². The van der Waals surface area contributed by atoms with Crippen LogP contribution in [0.2, 0.25) is 0 Å². The molecular weight excluding hydrogens is 228 g/mol. The molecule has 1 rings (SSSR count). The van der Waals surface area contributed by atoms with Crippen LogP contribution in [-0.4, -0.2) is 40.0 Å². The molecule has 1 unspecified atom stereocenters. The van der Waals surface area contributed by atoms with Gasteiger partial charge in [0.15, 0.2) is 0 Å². The molecule has 0 aromatic carbocycles. The molecule has 1 amide bonds. The molecule has 0 saturated heterocycles. The second kappa shape index (κ2) is 7.16. The topological polar surface area (TPSA) is 50.2 Å². The normalized spacial score (nSPS) is 12.4. The lowest BCUT2D eigenvalue weighted by atomic mass is 10.3. The molecule has 18 heavy (non-hydrogen) atoms. The van der Waals surface area contributed by atoms with E-state index in [1.54, 1.807) is 6.20 Å². The minimum absolute atomic E-state index is 0.162. The molecule has 1 aromatic heterocycles. The summed E-state index contributed by atoms with van der Waals surface area (Å²) in [5, 5.41) is 3.33. The highest BCUT2D eigenvalue weighted by Crippen LogP contribution is 2.08. The first-order valence-corrected chi connectivity index (χ1v) is 6.58. The highest BCUT2D eigenvalue weighted by Gasteiger charge is 2.12. The third-order valence-electron chi connectivity index (χ3n) is 3.15. The van der Waals surface area contributed by atoms with E-state index in [1.165, 1.54) is 0 Å². The summed E-state index contributed by atoms with van der Waals surface area (Å²) in [6.07, 6.45) is 4.25. The Morgan fingerprint density at radius 2 is 2.17 bits per heavy atom. The predicted octanol–water partition coefficient (Wildman–Crippen LogP) is 1.33. The van der Waals surface area contributed by atoms with Crippen LogP contribution in [0.25, 0.3) is 0 Å². The van der Waals surface area contributed by atoms with Crippen LogP contribution in [0.3, 0.4) is 0 Å². The summed E-state index contributed by atoms with van der Waals surface area (Å²) in [6.45, 7) is 8.32. The van der Waals surface area contributed by atoms with Gasteiger partial charge in [-0.05, 0) is 20.8 Å². The Labute approximate surface area is 109 Å². The minimum Gasteiger partial charge on any atom is -0.343 e. The lowest BCUT2D eigenvalue weighted by Crippen LogP contribution is -2.33. The molecule has 0 bridgehead atoms. The van der Waals surface area contributed by atoms with Crippen LogP contribution in [0.5, 0.6) is 0 Å². The number of imidazole rings is 1. The molecule has 0 radical (unpaired) electrons. The summed E-state index contributed by atoms with van der Waals surface area (Å²) in [4.78, 5) is 17.9. The maximum atomic E-state index is 11.8.